The molecule has 1 heterocycles. The predicted molar refractivity (Wildman–Crippen MR) is 180 cm³/mol. The van der Waals surface area contributed by atoms with Crippen LogP contribution in [0.4, 0.5) is 0 Å². The van der Waals surface area contributed by atoms with Gasteiger partial charge in [0.25, 0.3) is 0 Å². The second-order valence-corrected chi connectivity index (χ2v) is 15.9. The molecule has 8 aliphatic rings. The summed E-state index contributed by atoms with van der Waals surface area (Å²) in [6.07, 6.45) is 8.72. The predicted octanol–water partition coefficient (Wildman–Crippen LogP) is 5.19. The van der Waals surface area contributed by atoms with Crippen molar-refractivity contribution in [2.45, 2.75) is 69.2 Å². The second-order valence-electron chi connectivity index (χ2n) is 15.9. The lowest BCUT2D eigenvalue weighted by Crippen LogP contribution is -2.57. The summed E-state index contributed by atoms with van der Waals surface area (Å²) in [5.74, 6) is -1.40. The molecule has 4 saturated carbocycles. The van der Waals surface area contributed by atoms with Crippen LogP contribution in [0.2, 0.25) is 0 Å². The molecule has 1 aliphatic heterocycles. The summed E-state index contributed by atoms with van der Waals surface area (Å²) in [5, 5.41) is 17.4. The molecule has 48 heavy (non-hydrogen) atoms. The standard InChI is InChI=1S/C40H43N3O5/c44-32(45)20-41-37(46)31-10-5-11-43(31)39(48)36-34-28-9-4-3-8-27(28)33(29-15-25-6-1-2-7-26(25)16-30(29)34)35(36)38(47)42-21-40-17-22-12-23(18-40)14-24(13-22)19-40/h1-4,6-9,15-16,22-24,31,33-36H,5,10-14,17-21H2,(H,41,46)(H,42,47)(H,44,45). The van der Waals surface area contributed by atoms with Crippen molar-refractivity contribution in [1.82, 2.24) is 15.5 Å². The zero-order valence-electron chi connectivity index (χ0n) is 27.2. The van der Waals surface area contributed by atoms with E-state index in [-0.39, 0.29) is 29.1 Å². The summed E-state index contributed by atoms with van der Waals surface area (Å²) in [7, 11) is 0. The average molecular weight is 646 g/mol. The maximum Gasteiger partial charge on any atom is 0.322 e. The molecule has 0 spiro atoms. The lowest BCUT2D eigenvalue weighted by atomic mass is 9.49. The Hall–Kier alpha value is -4.20. The molecule has 0 radical (unpaired) electrons. The quantitative estimate of drug-likeness (QED) is 0.327. The molecule has 5 atom stereocenters. The smallest absolute Gasteiger partial charge is 0.322 e. The minimum atomic E-state index is -1.12. The first-order valence-corrected chi connectivity index (χ1v) is 18.0. The molecular weight excluding hydrogens is 602 g/mol. The van der Waals surface area contributed by atoms with E-state index in [1.807, 2.05) is 24.3 Å². The Balaban J connectivity index is 1.12. The number of rotatable bonds is 7. The van der Waals surface area contributed by atoms with Crippen LogP contribution < -0.4 is 10.6 Å². The van der Waals surface area contributed by atoms with Crippen molar-refractivity contribution in [3.8, 4) is 0 Å². The number of carbonyl (C=O) groups is 4. The molecule has 1 saturated heterocycles. The van der Waals surface area contributed by atoms with Crippen molar-refractivity contribution >= 4 is 34.5 Å². The first kappa shape index (κ1) is 29.9. The van der Waals surface area contributed by atoms with Crippen LogP contribution in [0.3, 0.4) is 0 Å². The Morgan fingerprint density at radius 1 is 0.729 bits per heavy atom. The van der Waals surface area contributed by atoms with Crippen molar-refractivity contribution < 1.29 is 24.3 Å². The maximum atomic E-state index is 15.0. The molecule has 3 aromatic rings. The third kappa shape index (κ3) is 4.69. The Kier molecular flexibility index (Phi) is 6.96. The lowest BCUT2D eigenvalue weighted by molar-refractivity contribution is -0.148. The van der Waals surface area contributed by atoms with Crippen LogP contribution in [-0.2, 0) is 19.2 Å². The van der Waals surface area contributed by atoms with Gasteiger partial charge in [-0.1, -0.05) is 60.7 Å². The molecule has 6 bridgehead atoms. The van der Waals surface area contributed by atoms with E-state index in [1.54, 1.807) is 4.90 Å². The van der Waals surface area contributed by atoms with Crippen LogP contribution in [0.5, 0.6) is 0 Å². The SMILES string of the molecule is O=C(O)CNC(=O)C1CCCN1C(=O)C1C2c3ccccc3C(c3cc4ccccc4cc32)C1C(=O)NCC12CC3CC(CC(C3)C1)C2. The fourth-order valence-corrected chi connectivity index (χ4v) is 11.7. The van der Waals surface area contributed by atoms with Crippen molar-refractivity contribution in [3.63, 3.8) is 0 Å². The number of amides is 3. The number of carboxylic acid groups (broad SMARTS) is 1. The van der Waals surface area contributed by atoms with Crippen molar-refractivity contribution in [3.05, 3.63) is 82.9 Å². The fourth-order valence-electron chi connectivity index (χ4n) is 11.7. The molecule has 8 heteroatoms. The van der Waals surface area contributed by atoms with E-state index in [0.29, 0.717) is 25.9 Å². The number of carbonyl (C=O) groups excluding carboxylic acids is 3. The summed E-state index contributed by atoms with van der Waals surface area (Å²) in [6.45, 7) is 0.584. The number of hydrogen-bond donors (Lipinski definition) is 3. The van der Waals surface area contributed by atoms with Crippen LogP contribution in [0, 0.1) is 35.0 Å². The van der Waals surface area contributed by atoms with E-state index >= 15 is 4.79 Å². The van der Waals surface area contributed by atoms with Crippen LogP contribution in [0.1, 0.15) is 85.5 Å². The Labute approximate surface area is 280 Å². The van der Waals surface area contributed by atoms with Gasteiger partial charge in [0.1, 0.15) is 12.6 Å². The number of nitrogens with one attached hydrogen (secondary N) is 2. The maximum absolute atomic E-state index is 15.0. The molecule has 5 fully saturated rings. The monoisotopic (exact) mass is 645 g/mol. The van der Waals surface area contributed by atoms with Crippen molar-refractivity contribution in [2.75, 3.05) is 19.6 Å². The van der Waals surface area contributed by atoms with Gasteiger partial charge in [-0.2, -0.15) is 0 Å². The van der Waals surface area contributed by atoms with Crippen LogP contribution in [0.25, 0.3) is 10.8 Å². The van der Waals surface area contributed by atoms with Gasteiger partial charge >= 0.3 is 5.97 Å². The highest BCUT2D eigenvalue weighted by atomic mass is 16.4. The fraction of sp³-hybridized carbons (Fsp3) is 0.500. The lowest BCUT2D eigenvalue weighted by Gasteiger charge is -2.57. The molecule has 3 N–H and O–H groups in total. The Morgan fingerprint density at radius 3 is 1.88 bits per heavy atom. The number of nitrogens with zero attached hydrogens (tertiary/aromatic N) is 1. The molecule has 11 rings (SSSR count). The number of benzene rings is 3. The number of hydrogen-bond acceptors (Lipinski definition) is 4. The topological polar surface area (TPSA) is 116 Å². The van der Waals surface area contributed by atoms with E-state index in [1.165, 1.54) is 38.5 Å². The van der Waals surface area contributed by atoms with Crippen molar-refractivity contribution in [1.29, 1.82) is 0 Å². The normalized spacial score (nSPS) is 33.7. The Morgan fingerprint density at radius 2 is 1.29 bits per heavy atom. The minimum Gasteiger partial charge on any atom is -0.480 e. The number of fused-ring (bicyclic) bond motifs is 2. The van der Waals surface area contributed by atoms with E-state index in [2.05, 4.69) is 47.0 Å². The third-order valence-corrected chi connectivity index (χ3v) is 13.0. The highest BCUT2D eigenvalue weighted by Gasteiger charge is 2.58. The van der Waals surface area contributed by atoms with Gasteiger partial charge in [-0.05, 0) is 108 Å². The van der Waals surface area contributed by atoms with E-state index in [0.717, 1.165) is 50.8 Å². The number of aliphatic carboxylic acids is 1. The van der Waals surface area contributed by atoms with Gasteiger partial charge in [-0.3, -0.25) is 19.2 Å². The molecule has 3 amide bonds. The first-order chi connectivity index (χ1) is 23.3. The van der Waals surface area contributed by atoms with Gasteiger partial charge < -0.3 is 20.6 Å². The van der Waals surface area contributed by atoms with Crippen LogP contribution >= 0.6 is 0 Å². The number of likely N-dealkylation sites (tertiary alicyclic amines) is 1. The van der Waals surface area contributed by atoms with E-state index in [4.69, 9.17) is 0 Å². The average Bonchev–Trinajstić information content (AvgIpc) is 3.58. The zero-order chi connectivity index (χ0) is 32.7. The van der Waals surface area contributed by atoms with Gasteiger partial charge in [0.05, 0.1) is 11.8 Å². The molecule has 7 aliphatic carbocycles. The summed E-state index contributed by atoms with van der Waals surface area (Å²) in [6, 6.07) is 20.2. The van der Waals surface area contributed by atoms with E-state index in [9.17, 15) is 19.5 Å². The molecule has 0 aromatic heterocycles. The Bertz CT molecular complexity index is 1820. The van der Waals surface area contributed by atoms with Crippen molar-refractivity contribution in [2.24, 2.45) is 35.0 Å². The highest BCUT2D eigenvalue weighted by Crippen LogP contribution is 2.61. The van der Waals surface area contributed by atoms with E-state index < -0.39 is 36.3 Å². The highest BCUT2D eigenvalue weighted by molar-refractivity contribution is 5.96. The molecule has 248 valence electrons. The molecule has 8 nitrogen and oxygen atoms in total. The summed E-state index contributed by atoms with van der Waals surface area (Å²) in [4.78, 5) is 56.0. The van der Waals surface area contributed by atoms with Crippen LogP contribution in [-0.4, -0.2) is 59.4 Å². The van der Waals surface area contributed by atoms with Gasteiger partial charge in [-0.25, -0.2) is 0 Å². The van der Waals surface area contributed by atoms with Gasteiger partial charge in [-0.15, -0.1) is 0 Å². The van der Waals surface area contributed by atoms with Gasteiger partial charge in [0.15, 0.2) is 0 Å². The second kappa shape index (κ2) is 11.2. The third-order valence-electron chi connectivity index (χ3n) is 13.0. The first-order valence-electron chi connectivity index (χ1n) is 18.0. The van der Waals surface area contributed by atoms with Gasteiger partial charge in [0, 0.05) is 24.9 Å². The largest absolute Gasteiger partial charge is 0.480 e. The summed E-state index contributed by atoms with van der Waals surface area (Å²) >= 11 is 0. The summed E-state index contributed by atoms with van der Waals surface area (Å²) < 4.78 is 0. The van der Waals surface area contributed by atoms with Gasteiger partial charge in [0.2, 0.25) is 17.7 Å². The molecular formula is C40H43N3O5. The minimum absolute atomic E-state index is 0.0570. The molecule has 5 unspecified atom stereocenters. The zero-order valence-corrected chi connectivity index (χ0v) is 27.2. The van der Waals surface area contributed by atoms with Crippen LogP contribution in [0.15, 0.2) is 60.7 Å². The number of carboxylic acids is 1. The molecule has 3 aromatic carbocycles. The summed E-state index contributed by atoms with van der Waals surface area (Å²) in [5.41, 5.74) is 4.56.